The van der Waals surface area contributed by atoms with Crippen LogP contribution in [0.5, 0.6) is 0 Å². The van der Waals surface area contributed by atoms with Crippen LogP contribution in [0.4, 0.5) is 0 Å². The quantitative estimate of drug-likeness (QED) is 0.517. The molecule has 1 saturated carbocycles. The molecule has 2 fully saturated rings. The zero-order valence-corrected chi connectivity index (χ0v) is 12.1. The molecule has 1 saturated heterocycles. The van der Waals surface area contributed by atoms with Crippen molar-refractivity contribution >= 4 is 14.2 Å². The molecule has 0 bridgehead atoms. The third-order valence-corrected chi connectivity index (χ3v) is 10.6. The molecule has 4 heteroatoms. The monoisotopic (exact) mass is 393 g/mol. The Labute approximate surface area is 96.5 Å². The first-order chi connectivity index (χ1) is 6.85. The van der Waals surface area contributed by atoms with Gasteiger partial charge in [-0.2, -0.15) is 0 Å². The molecule has 1 aliphatic carbocycles. The molecule has 0 N–H and O–H groups in total. The van der Waals surface area contributed by atoms with Crippen molar-refractivity contribution in [3.8, 4) is 0 Å². The normalized spacial score (nSPS) is 34.0. The zero-order valence-electron chi connectivity index (χ0n) is 8.44. The maximum absolute atomic E-state index is 10.7. The van der Waals surface area contributed by atoms with Gasteiger partial charge in [0.25, 0.3) is 0 Å². The van der Waals surface area contributed by atoms with Gasteiger partial charge in [-0.15, -0.1) is 0 Å². The second-order valence-electron chi connectivity index (χ2n) is 4.28. The van der Waals surface area contributed by atoms with E-state index >= 15 is 0 Å². The Morgan fingerprint density at radius 1 is 1.50 bits per heavy atom. The van der Waals surface area contributed by atoms with Crippen LogP contribution in [0.25, 0.3) is 0 Å². The molecule has 0 aromatic carbocycles. The second-order valence-corrected chi connectivity index (χ2v) is 11.2. The van der Waals surface area contributed by atoms with Gasteiger partial charge >= 0.3 is 96.6 Å². The van der Waals surface area contributed by atoms with E-state index in [2.05, 4.69) is 0 Å². The van der Waals surface area contributed by atoms with Crippen LogP contribution in [-0.4, -0.2) is 24.4 Å². The van der Waals surface area contributed by atoms with Crippen LogP contribution in [0.3, 0.4) is 0 Å². The van der Waals surface area contributed by atoms with Gasteiger partial charge in [-0.3, -0.25) is 0 Å². The summed E-state index contributed by atoms with van der Waals surface area (Å²) in [5.74, 6) is 1.03. The first kappa shape index (κ1) is 11.0. The molecule has 2 rings (SSSR count). The summed E-state index contributed by atoms with van der Waals surface area (Å²) in [5, 5.41) is 0. The van der Waals surface area contributed by atoms with Crippen molar-refractivity contribution in [2.45, 2.75) is 41.8 Å². The van der Waals surface area contributed by atoms with E-state index < -0.39 is 0 Å². The van der Waals surface area contributed by atoms with Gasteiger partial charge in [0.2, 0.25) is 0 Å². The number of hydrogen-bond acceptors (Lipinski definition) is 2. The summed E-state index contributed by atoms with van der Waals surface area (Å²) >= 11 is -0.335. The van der Waals surface area contributed by atoms with Crippen molar-refractivity contribution < 1.29 is 28.1 Å². The molecule has 1 aliphatic heterocycles. The van der Waals surface area contributed by atoms with Crippen LogP contribution in [-0.2, 0) is 28.1 Å². The van der Waals surface area contributed by atoms with Gasteiger partial charge in [-0.25, -0.2) is 0 Å². The predicted molar refractivity (Wildman–Crippen MR) is 55.4 cm³/mol. The van der Waals surface area contributed by atoms with Gasteiger partial charge in [0, 0.05) is 0 Å². The second kappa shape index (κ2) is 5.04. The summed E-state index contributed by atoms with van der Waals surface area (Å²) in [5.41, 5.74) is 0. The molecular weight excluding hydrogens is 375 g/mol. The molecular formula is C10H18O2PtSi. The van der Waals surface area contributed by atoms with E-state index in [9.17, 15) is 4.79 Å². The Balaban J connectivity index is 1.85. The van der Waals surface area contributed by atoms with E-state index in [4.69, 9.17) is 4.74 Å². The third-order valence-electron chi connectivity index (χ3n) is 3.09. The molecule has 84 valence electrons. The van der Waals surface area contributed by atoms with Crippen LogP contribution in [0, 0.1) is 5.92 Å². The van der Waals surface area contributed by atoms with Gasteiger partial charge in [-0.05, 0) is 0 Å². The molecule has 0 radical (unpaired) electrons. The van der Waals surface area contributed by atoms with Crippen molar-refractivity contribution in [2.24, 2.45) is 5.92 Å². The SMILES string of the molecule is O=[CH][Pt][C]1([SiH2]CC2CC2)CCCCO1. The Bertz CT molecular complexity index is 200. The van der Waals surface area contributed by atoms with Crippen molar-refractivity contribution in [3.63, 3.8) is 0 Å². The van der Waals surface area contributed by atoms with Crippen LogP contribution in [0.1, 0.15) is 32.1 Å². The Hall–Kier alpha value is 0.535. The van der Waals surface area contributed by atoms with Crippen molar-refractivity contribution in [1.82, 2.24) is 0 Å². The third kappa shape index (κ3) is 3.01. The first-order valence-electron chi connectivity index (χ1n) is 5.50. The minimum atomic E-state index is -0.335. The predicted octanol–water partition coefficient (Wildman–Crippen LogP) is 1.11. The molecule has 14 heavy (non-hydrogen) atoms. The molecule has 0 aromatic rings. The van der Waals surface area contributed by atoms with Crippen LogP contribution < -0.4 is 0 Å². The molecule has 1 atom stereocenters. The summed E-state index contributed by atoms with van der Waals surface area (Å²) in [6, 6.07) is 1.44. The van der Waals surface area contributed by atoms with E-state index in [0.717, 1.165) is 12.5 Å². The Morgan fingerprint density at radius 3 is 2.93 bits per heavy atom. The average Bonchev–Trinajstić information content (AvgIpc) is 3.00. The number of ether oxygens (including phenoxy) is 1. The summed E-state index contributed by atoms with van der Waals surface area (Å²) in [6.45, 7) is 0.922. The molecule has 1 heterocycles. The van der Waals surface area contributed by atoms with Gasteiger partial charge in [0.1, 0.15) is 0 Å². The van der Waals surface area contributed by atoms with E-state index in [1.165, 1.54) is 42.8 Å². The van der Waals surface area contributed by atoms with Crippen LogP contribution in [0.2, 0.25) is 6.04 Å². The fraction of sp³-hybridized carbons (Fsp3) is 0.900. The number of carbonyl (C=O) groups is 1. The van der Waals surface area contributed by atoms with Crippen LogP contribution in [0.15, 0.2) is 0 Å². The average molecular weight is 393 g/mol. The van der Waals surface area contributed by atoms with Gasteiger partial charge in [-0.1, -0.05) is 0 Å². The van der Waals surface area contributed by atoms with Crippen molar-refractivity contribution in [1.29, 1.82) is 0 Å². The van der Waals surface area contributed by atoms with E-state index in [0.29, 0.717) is 0 Å². The molecule has 2 aliphatic rings. The van der Waals surface area contributed by atoms with E-state index in [1.54, 1.807) is 0 Å². The summed E-state index contributed by atoms with van der Waals surface area (Å²) in [4.78, 5) is 10.7. The molecule has 0 aromatic heterocycles. The molecule has 1 unspecified atom stereocenters. The van der Waals surface area contributed by atoms with Crippen molar-refractivity contribution in [2.75, 3.05) is 6.61 Å². The first-order valence-corrected chi connectivity index (χ1v) is 9.66. The summed E-state index contributed by atoms with van der Waals surface area (Å²) in [6.07, 6.45) is 6.61. The molecule has 0 amide bonds. The molecule has 2 nitrogen and oxygen atoms in total. The molecule has 0 spiro atoms. The number of carbonyl (C=O) groups excluding carboxylic acids is 1. The topological polar surface area (TPSA) is 26.3 Å². The summed E-state index contributed by atoms with van der Waals surface area (Å²) in [7, 11) is -0.141. The Morgan fingerprint density at radius 2 is 2.36 bits per heavy atom. The standard InChI is InChI=1S/C9H17OSi.CHO.Pt/c1-2-6-10-9(3-1)11-7-8-4-5-8;1-2;/h8H,1-7,11H2;1H;. The van der Waals surface area contributed by atoms with E-state index in [1.807, 2.05) is 0 Å². The van der Waals surface area contributed by atoms with Gasteiger partial charge in [0.15, 0.2) is 0 Å². The zero-order chi connectivity index (χ0) is 9.86. The number of hydrogen-bond donors (Lipinski definition) is 0. The summed E-state index contributed by atoms with van der Waals surface area (Å²) < 4.78 is 7.33. The minimum absolute atomic E-state index is 0.141. The van der Waals surface area contributed by atoms with Gasteiger partial charge in [0.05, 0.1) is 0 Å². The Kier molecular flexibility index (Phi) is 3.97. The van der Waals surface area contributed by atoms with Crippen LogP contribution >= 0.6 is 0 Å². The fourth-order valence-corrected chi connectivity index (χ4v) is 8.32. The number of rotatable bonds is 5. The maximum atomic E-state index is 10.7. The van der Waals surface area contributed by atoms with E-state index in [-0.39, 0.29) is 31.7 Å². The fourth-order valence-electron chi connectivity index (χ4n) is 2.00. The van der Waals surface area contributed by atoms with Crippen molar-refractivity contribution in [3.05, 3.63) is 0 Å². The van der Waals surface area contributed by atoms with Gasteiger partial charge < -0.3 is 0 Å².